The van der Waals surface area contributed by atoms with Gasteiger partial charge in [0.2, 0.25) is 0 Å². The van der Waals surface area contributed by atoms with Gasteiger partial charge in [0.25, 0.3) is 0 Å². The number of hydrogen-bond acceptors (Lipinski definition) is 2. The van der Waals surface area contributed by atoms with Gasteiger partial charge in [0.15, 0.2) is 0 Å². The van der Waals surface area contributed by atoms with Crippen LogP contribution < -0.4 is 10.6 Å². The monoisotopic (exact) mass is 262 g/mol. The number of benzene rings is 1. The van der Waals surface area contributed by atoms with E-state index >= 15 is 0 Å². The molecule has 0 saturated heterocycles. The molecule has 0 heterocycles. The van der Waals surface area contributed by atoms with E-state index in [-0.39, 0.29) is 23.1 Å². The van der Waals surface area contributed by atoms with Gasteiger partial charge in [0, 0.05) is 11.7 Å². The number of anilines is 1. The smallest absolute Gasteiger partial charge is 0.336 e. The topological polar surface area (TPSA) is 78.4 Å². The summed E-state index contributed by atoms with van der Waals surface area (Å²) in [4.78, 5) is 22.8. The second kappa shape index (κ2) is 4.57. The highest BCUT2D eigenvalue weighted by Gasteiger charge is 2.46. The van der Waals surface area contributed by atoms with Crippen LogP contribution in [0.2, 0.25) is 0 Å². The van der Waals surface area contributed by atoms with Gasteiger partial charge in [-0.3, -0.25) is 0 Å². The lowest BCUT2D eigenvalue weighted by molar-refractivity contribution is 0.0696. The van der Waals surface area contributed by atoms with Crippen molar-refractivity contribution in [1.29, 1.82) is 0 Å². The molecule has 1 atom stereocenters. The third kappa shape index (κ3) is 3.05. The summed E-state index contributed by atoms with van der Waals surface area (Å²) in [6, 6.07) is 4.74. The number of carboxylic acids is 1. The lowest BCUT2D eigenvalue weighted by Gasteiger charge is -2.10. The minimum absolute atomic E-state index is 0.164. The van der Waals surface area contributed by atoms with Gasteiger partial charge in [0.1, 0.15) is 0 Å². The molecular formula is C14H18N2O3. The van der Waals surface area contributed by atoms with Crippen LogP contribution in [0, 0.1) is 12.3 Å². The zero-order valence-electron chi connectivity index (χ0n) is 11.3. The van der Waals surface area contributed by atoms with Crippen molar-refractivity contribution in [1.82, 2.24) is 5.32 Å². The van der Waals surface area contributed by atoms with Gasteiger partial charge in [-0.05, 0) is 36.5 Å². The van der Waals surface area contributed by atoms with Gasteiger partial charge in [-0.25, -0.2) is 9.59 Å². The summed E-state index contributed by atoms with van der Waals surface area (Å²) in [5.74, 6) is -0.995. The highest BCUT2D eigenvalue weighted by Crippen LogP contribution is 2.44. The van der Waals surface area contributed by atoms with E-state index in [1.165, 1.54) is 6.07 Å². The number of amides is 2. The van der Waals surface area contributed by atoms with E-state index in [2.05, 4.69) is 24.5 Å². The highest BCUT2D eigenvalue weighted by molar-refractivity contribution is 5.94. The Balaban J connectivity index is 2.01. The summed E-state index contributed by atoms with van der Waals surface area (Å²) in [6.07, 6.45) is 0.967. The van der Waals surface area contributed by atoms with Crippen molar-refractivity contribution in [3.05, 3.63) is 29.3 Å². The summed E-state index contributed by atoms with van der Waals surface area (Å²) in [5.41, 5.74) is 1.52. The van der Waals surface area contributed by atoms with Crippen molar-refractivity contribution in [2.75, 3.05) is 5.32 Å². The Morgan fingerprint density at radius 3 is 2.53 bits per heavy atom. The average Bonchev–Trinajstić information content (AvgIpc) is 2.88. The maximum Gasteiger partial charge on any atom is 0.336 e. The maximum absolute atomic E-state index is 11.7. The summed E-state index contributed by atoms with van der Waals surface area (Å²) < 4.78 is 0. The Kier molecular flexibility index (Phi) is 3.22. The predicted octanol–water partition coefficient (Wildman–Crippen LogP) is 2.61. The predicted molar refractivity (Wildman–Crippen MR) is 72.5 cm³/mol. The molecule has 0 aromatic heterocycles. The number of nitrogens with one attached hydrogen (secondary N) is 2. The van der Waals surface area contributed by atoms with Crippen molar-refractivity contribution < 1.29 is 14.7 Å². The molecule has 3 N–H and O–H groups in total. The first-order valence-electron chi connectivity index (χ1n) is 6.21. The molecule has 19 heavy (non-hydrogen) atoms. The summed E-state index contributed by atoms with van der Waals surface area (Å²) in [6.45, 7) is 5.90. The zero-order chi connectivity index (χ0) is 14.2. The van der Waals surface area contributed by atoms with Gasteiger partial charge in [-0.2, -0.15) is 0 Å². The van der Waals surface area contributed by atoms with Gasteiger partial charge < -0.3 is 15.7 Å². The molecule has 1 aromatic carbocycles. The number of urea groups is 1. The second-order valence-electron chi connectivity index (χ2n) is 5.68. The van der Waals surface area contributed by atoms with Crippen LogP contribution >= 0.6 is 0 Å². The molecule has 1 aliphatic carbocycles. The molecule has 1 aromatic rings. The van der Waals surface area contributed by atoms with Crippen LogP contribution in [0.5, 0.6) is 0 Å². The van der Waals surface area contributed by atoms with Crippen LogP contribution in [-0.4, -0.2) is 23.1 Å². The SMILES string of the molecule is Cc1ccc(NC(=O)NC2CC2(C)C)cc1C(=O)O. The quantitative estimate of drug-likeness (QED) is 0.783. The minimum Gasteiger partial charge on any atom is -0.478 e. The Bertz CT molecular complexity index is 537. The third-order valence-electron chi connectivity index (χ3n) is 3.54. The van der Waals surface area contributed by atoms with E-state index in [1.54, 1.807) is 19.1 Å². The molecule has 2 rings (SSSR count). The standard InChI is InChI=1S/C14H18N2O3/c1-8-4-5-9(6-10(8)12(17)18)15-13(19)16-11-7-14(11,2)3/h4-6,11H,7H2,1-3H3,(H,17,18)(H2,15,16,19). The van der Waals surface area contributed by atoms with Crippen molar-refractivity contribution in [3.8, 4) is 0 Å². The molecule has 0 bridgehead atoms. The first kappa shape index (κ1) is 13.4. The van der Waals surface area contributed by atoms with E-state index in [9.17, 15) is 9.59 Å². The summed E-state index contributed by atoms with van der Waals surface area (Å²) >= 11 is 0. The van der Waals surface area contributed by atoms with Crippen LogP contribution in [0.25, 0.3) is 0 Å². The Morgan fingerprint density at radius 1 is 1.37 bits per heavy atom. The average molecular weight is 262 g/mol. The molecule has 0 spiro atoms. The molecule has 1 unspecified atom stereocenters. The van der Waals surface area contributed by atoms with Crippen molar-refractivity contribution >= 4 is 17.7 Å². The van der Waals surface area contributed by atoms with Crippen LogP contribution in [0.3, 0.4) is 0 Å². The minimum atomic E-state index is -0.995. The number of hydrogen-bond donors (Lipinski definition) is 3. The largest absolute Gasteiger partial charge is 0.478 e. The summed E-state index contributed by atoms with van der Waals surface area (Å²) in [7, 11) is 0. The maximum atomic E-state index is 11.7. The van der Waals surface area contributed by atoms with E-state index in [0.29, 0.717) is 11.3 Å². The molecule has 1 aliphatic rings. The molecule has 0 radical (unpaired) electrons. The van der Waals surface area contributed by atoms with Crippen LogP contribution in [0.4, 0.5) is 10.5 Å². The molecule has 2 amide bonds. The van der Waals surface area contributed by atoms with E-state index in [1.807, 2.05) is 0 Å². The Morgan fingerprint density at radius 2 is 2.00 bits per heavy atom. The van der Waals surface area contributed by atoms with Crippen molar-refractivity contribution in [2.45, 2.75) is 33.2 Å². The van der Waals surface area contributed by atoms with Gasteiger partial charge in [-0.1, -0.05) is 19.9 Å². The fraction of sp³-hybridized carbons (Fsp3) is 0.429. The number of rotatable bonds is 3. The van der Waals surface area contributed by atoms with Gasteiger partial charge in [0.05, 0.1) is 5.56 Å². The zero-order valence-corrected chi connectivity index (χ0v) is 11.3. The fourth-order valence-electron chi connectivity index (χ4n) is 1.97. The van der Waals surface area contributed by atoms with Crippen LogP contribution in [0.15, 0.2) is 18.2 Å². The molecule has 102 valence electrons. The lowest BCUT2D eigenvalue weighted by Crippen LogP contribution is -2.32. The van der Waals surface area contributed by atoms with E-state index in [4.69, 9.17) is 5.11 Å². The Hall–Kier alpha value is -2.04. The molecule has 5 nitrogen and oxygen atoms in total. The third-order valence-corrected chi connectivity index (χ3v) is 3.54. The Labute approximate surface area is 112 Å². The molecule has 1 fully saturated rings. The van der Waals surface area contributed by atoms with Gasteiger partial charge >= 0.3 is 12.0 Å². The first-order chi connectivity index (χ1) is 8.79. The molecule has 0 aliphatic heterocycles. The molecular weight excluding hydrogens is 244 g/mol. The number of carboxylic acid groups (broad SMARTS) is 1. The summed E-state index contributed by atoms with van der Waals surface area (Å²) in [5, 5.41) is 14.5. The van der Waals surface area contributed by atoms with Crippen molar-refractivity contribution in [2.24, 2.45) is 5.41 Å². The lowest BCUT2D eigenvalue weighted by atomic mass is 10.1. The van der Waals surface area contributed by atoms with E-state index in [0.717, 1.165) is 6.42 Å². The second-order valence-corrected chi connectivity index (χ2v) is 5.68. The first-order valence-corrected chi connectivity index (χ1v) is 6.21. The normalized spacial score (nSPS) is 19.6. The number of aromatic carboxylic acids is 1. The van der Waals surface area contributed by atoms with Crippen LogP contribution in [0.1, 0.15) is 36.2 Å². The van der Waals surface area contributed by atoms with Crippen molar-refractivity contribution in [3.63, 3.8) is 0 Å². The number of carbonyl (C=O) groups excluding carboxylic acids is 1. The van der Waals surface area contributed by atoms with Crippen LogP contribution in [-0.2, 0) is 0 Å². The van der Waals surface area contributed by atoms with E-state index < -0.39 is 5.97 Å². The molecule has 1 saturated carbocycles. The fourth-order valence-corrected chi connectivity index (χ4v) is 1.97. The molecule has 5 heteroatoms. The van der Waals surface area contributed by atoms with Gasteiger partial charge in [-0.15, -0.1) is 0 Å². The number of aryl methyl sites for hydroxylation is 1. The number of carbonyl (C=O) groups is 2. The highest BCUT2D eigenvalue weighted by atomic mass is 16.4.